The van der Waals surface area contributed by atoms with Gasteiger partial charge < -0.3 is 15.7 Å². The van der Waals surface area contributed by atoms with Gasteiger partial charge in [-0.1, -0.05) is 6.92 Å². The summed E-state index contributed by atoms with van der Waals surface area (Å²) in [4.78, 5) is 15.5. The van der Waals surface area contributed by atoms with Gasteiger partial charge in [0.05, 0.1) is 11.2 Å². The monoisotopic (exact) mass is 257 g/mol. The zero-order valence-electron chi connectivity index (χ0n) is 9.98. The van der Waals surface area contributed by atoms with E-state index < -0.39 is 0 Å². The molecule has 0 aliphatic heterocycles. The number of rotatable bonds is 7. The Hall–Kier alpha value is -1.14. The Morgan fingerprint density at radius 1 is 1.59 bits per heavy atom. The first kappa shape index (κ1) is 13.9. The smallest absolute Gasteiger partial charge is 0.314 e. The molecule has 0 spiro atoms. The molecular formula is C11H19N3O2S. The summed E-state index contributed by atoms with van der Waals surface area (Å²) in [5.74, 6) is 0.296. The minimum Gasteiger partial charge on any atom is -0.396 e. The maximum atomic E-state index is 11.4. The maximum Gasteiger partial charge on any atom is 0.314 e. The summed E-state index contributed by atoms with van der Waals surface area (Å²) in [7, 11) is 0. The molecule has 0 fully saturated rings. The van der Waals surface area contributed by atoms with Crippen LogP contribution in [0.15, 0.2) is 10.9 Å². The summed E-state index contributed by atoms with van der Waals surface area (Å²) in [6, 6.07) is -0.162. The fourth-order valence-corrected chi connectivity index (χ4v) is 1.91. The van der Waals surface area contributed by atoms with Gasteiger partial charge in [0.15, 0.2) is 0 Å². The van der Waals surface area contributed by atoms with Crippen LogP contribution in [0.5, 0.6) is 0 Å². The molecule has 1 unspecified atom stereocenters. The largest absolute Gasteiger partial charge is 0.396 e. The highest BCUT2D eigenvalue weighted by molar-refractivity contribution is 7.07. The molecule has 0 aliphatic rings. The lowest BCUT2D eigenvalue weighted by molar-refractivity contribution is 0.234. The Morgan fingerprint density at radius 2 is 2.41 bits per heavy atom. The Morgan fingerprint density at radius 3 is 3.06 bits per heavy atom. The third-order valence-electron chi connectivity index (χ3n) is 2.38. The summed E-state index contributed by atoms with van der Waals surface area (Å²) in [5.41, 5.74) is 2.79. The highest BCUT2D eigenvalue weighted by atomic mass is 32.1. The predicted octanol–water partition coefficient (Wildman–Crippen LogP) is 1.00. The van der Waals surface area contributed by atoms with E-state index in [2.05, 4.69) is 15.6 Å². The number of thiazole rings is 1. The van der Waals surface area contributed by atoms with Crippen LogP contribution >= 0.6 is 11.3 Å². The maximum absolute atomic E-state index is 11.4. The molecule has 1 atom stereocenters. The molecule has 2 amide bonds. The molecule has 0 saturated carbocycles. The minimum absolute atomic E-state index is 0.161. The van der Waals surface area contributed by atoms with Crippen molar-refractivity contribution in [1.29, 1.82) is 0 Å². The summed E-state index contributed by atoms with van der Waals surface area (Å²) in [6.45, 7) is 3.33. The summed E-state index contributed by atoms with van der Waals surface area (Å²) < 4.78 is 0. The molecule has 6 heteroatoms. The van der Waals surface area contributed by atoms with Gasteiger partial charge in [0.1, 0.15) is 0 Å². The molecule has 3 N–H and O–H groups in total. The van der Waals surface area contributed by atoms with Crippen LogP contribution in [0.4, 0.5) is 4.79 Å². The summed E-state index contributed by atoms with van der Waals surface area (Å²) >= 11 is 1.55. The van der Waals surface area contributed by atoms with Crippen LogP contribution in [-0.2, 0) is 6.42 Å². The quantitative estimate of drug-likeness (QED) is 0.682. The molecular weight excluding hydrogens is 238 g/mol. The molecule has 1 aromatic rings. The number of hydrogen-bond acceptors (Lipinski definition) is 4. The van der Waals surface area contributed by atoms with Gasteiger partial charge in [-0.15, -0.1) is 11.3 Å². The van der Waals surface area contributed by atoms with E-state index in [0.29, 0.717) is 25.4 Å². The average molecular weight is 257 g/mol. The molecule has 17 heavy (non-hydrogen) atoms. The second-order valence-electron chi connectivity index (χ2n) is 3.98. The van der Waals surface area contributed by atoms with Crippen LogP contribution in [0.2, 0.25) is 0 Å². The standard InChI is InChI=1S/C11H19N3O2S/c1-9(3-5-15)6-13-11(16)12-4-2-10-7-17-8-14-10/h7-9,15H,2-6H2,1H3,(H2,12,13,16). The molecule has 0 bridgehead atoms. The molecule has 0 aliphatic carbocycles. The topological polar surface area (TPSA) is 74.2 Å². The summed E-state index contributed by atoms with van der Waals surface area (Å²) in [6.07, 6.45) is 1.46. The van der Waals surface area contributed by atoms with Crippen molar-refractivity contribution in [3.05, 3.63) is 16.6 Å². The van der Waals surface area contributed by atoms with Gasteiger partial charge in [-0.05, 0) is 12.3 Å². The molecule has 0 radical (unpaired) electrons. The highest BCUT2D eigenvalue weighted by Crippen LogP contribution is 2.00. The average Bonchev–Trinajstić information content (AvgIpc) is 2.80. The number of nitrogens with one attached hydrogen (secondary N) is 2. The van der Waals surface area contributed by atoms with Crippen molar-refractivity contribution in [2.45, 2.75) is 19.8 Å². The van der Waals surface area contributed by atoms with Crippen LogP contribution in [0.1, 0.15) is 19.0 Å². The van der Waals surface area contributed by atoms with E-state index in [0.717, 1.165) is 12.1 Å². The van der Waals surface area contributed by atoms with Crippen LogP contribution < -0.4 is 10.6 Å². The van der Waals surface area contributed by atoms with Crippen molar-refractivity contribution in [2.75, 3.05) is 19.7 Å². The lowest BCUT2D eigenvalue weighted by atomic mass is 10.1. The number of carbonyl (C=O) groups excluding carboxylic acids is 1. The van der Waals surface area contributed by atoms with Crippen LogP contribution in [0, 0.1) is 5.92 Å². The van der Waals surface area contributed by atoms with Gasteiger partial charge in [-0.25, -0.2) is 9.78 Å². The Bertz CT molecular complexity index is 317. The second kappa shape index (κ2) is 8.03. The van der Waals surface area contributed by atoms with Gasteiger partial charge in [0.25, 0.3) is 0 Å². The lowest BCUT2D eigenvalue weighted by Crippen LogP contribution is -2.38. The number of nitrogens with zero attached hydrogens (tertiary/aromatic N) is 1. The van der Waals surface area contributed by atoms with E-state index in [1.54, 1.807) is 16.8 Å². The molecule has 1 aromatic heterocycles. The van der Waals surface area contributed by atoms with E-state index in [1.807, 2.05) is 12.3 Å². The van der Waals surface area contributed by atoms with E-state index in [-0.39, 0.29) is 12.6 Å². The minimum atomic E-state index is -0.162. The van der Waals surface area contributed by atoms with Crippen molar-refractivity contribution >= 4 is 17.4 Å². The molecule has 96 valence electrons. The fourth-order valence-electron chi connectivity index (χ4n) is 1.32. The molecule has 0 aromatic carbocycles. The Balaban J connectivity index is 2.05. The number of urea groups is 1. The first-order valence-corrected chi connectivity index (χ1v) is 6.66. The van der Waals surface area contributed by atoms with E-state index >= 15 is 0 Å². The van der Waals surface area contributed by atoms with Crippen molar-refractivity contribution in [1.82, 2.24) is 15.6 Å². The zero-order valence-corrected chi connectivity index (χ0v) is 10.8. The molecule has 5 nitrogen and oxygen atoms in total. The zero-order chi connectivity index (χ0) is 12.5. The first-order chi connectivity index (χ1) is 8.22. The van der Waals surface area contributed by atoms with Crippen LogP contribution in [0.25, 0.3) is 0 Å². The van der Waals surface area contributed by atoms with E-state index in [9.17, 15) is 4.79 Å². The third-order valence-corrected chi connectivity index (χ3v) is 3.02. The lowest BCUT2D eigenvalue weighted by Gasteiger charge is -2.11. The van der Waals surface area contributed by atoms with Crippen molar-refractivity contribution in [3.63, 3.8) is 0 Å². The van der Waals surface area contributed by atoms with Crippen molar-refractivity contribution < 1.29 is 9.90 Å². The number of aliphatic hydroxyl groups excluding tert-OH is 1. The van der Waals surface area contributed by atoms with E-state index in [1.165, 1.54) is 0 Å². The Labute approximate surface area is 105 Å². The Kier molecular flexibility index (Phi) is 6.57. The SMILES string of the molecule is CC(CCO)CNC(=O)NCCc1cscn1. The van der Waals surface area contributed by atoms with Crippen molar-refractivity contribution in [2.24, 2.45) is 5.92 Å². The van der Waals surface area contributed by atoms with E-state index in [4.69, 9.17) is 5.11 Å². The summed E-state index contributed by atoms with van der Waals surface area (Å²) in [5, 5.41) is 16.2. The number of hydrogen-bond donors (Lipinski definition) is 3. The third kappa shape index (κ3) is 6.23. The van der Waals surface area contributed by atoms with Crippen LogP contribution in [-0.4, -0.2) is 35.8 Å². The van der Waals surface area contributed by atoms with Gasteiger partial charge in [-0.2, -0.15) is 0 Å². The molecule has 0 saturated heterocycles. The van der Waals surface area contributed by atoms with Gasteiger partial charge in [0, 0.05) is 31.5 Å². The number of amides is 2. The van der Waals surface area contributed by atoms with Crippen molar-refractivity contribution in [3.8, 4) is 0 Å². The first-order valence-electron chi connectivity index (χ1n) is 5.72. The highest BCUT2D eigenvalue weighted by Gasteiger charge is 2.04. The normalized spacial score (nSPS) is 12.1. The number of aromatic nitrogens is 1. The number of aliphatic hydroxyl groups is 1. The molecule has 1 rings (SSSR count). The second-order valence-corrected chi connectivity index (χ2v) is 4.70. The van der Waals surface area contributed by atoms with Gasteiger partial charge >= 0.3 is 6.03 Å². The van der Waals surface area contributed by atoms with Gasteiger partial charge in [0.2, 0.25) is 0 Å². The molecule has 1 heterocycles. The fraction of sp³-hybridized carbons (Fsp3) is 0.636. The van der Waals surface area contributed by atoms with Crippen LogP contribution in [0.3, 0.4) is 0 Å². The predicted molar refractivity (Wildman–Crippen MR) is 68.1 cm³/mol. The number of carbonyl (C=O) groups is 1. The van der Waals surface area contributed by atoms with Gasteiger partial charge in [-0.3, -0.25) is 0 Å².